The minimum absolute atomic E-state index is 0.463. The fourth-order valence-electron chi connectivity index (χ4n) is 2.00. The number of aromatic nitrogens is 2. The second-order valence-electron chi connectivity index (χ2n) is 4.46. The van der Waals surface area contributed by atoms with Crippen molar-refractivity contribution in [2.24, 2.45) is 13.0 Å². The van der Waals surface area contributed by atoms with Crippen molar-refractivity contribution in [1.82, 2.24) is 15.1 Å². The lowest BCUT2D eigenvalue weighted by atomic mass is 9.93. The first kappa shape index (κ1) is 13.5. The highest BCUT2D eigenvalue weighted by Crippen LogP contribution is 2.22. The molecule has 16 heavy (non-hydrogen) atoms. The lowest BCUT2D eigenvalue weighted by molar-refractivity contribution is 0.386. The van der Waals surface area contributed by atoms with E-state index in [0.717, 1.165) is 17.3 Å². The predicted molar refractivity (Wildman–Crippen MR) is 69.0 cm³/mol. The highest BCUT2D eigenvalue weighted by Gasteiger charge is 2.19. The fraction of sp³-hybridized carbons (Fsp3) is 0.750. The molecule has 0 amide bonds. The number of hydrogen-bond donors (Lipinski definition) is 1. The molecule has 4 heteroatoms. The molecule has 0 aliphatic carbocycles. The Morgan fingerprint density at radius 1 is 1.50 bits per heavy atom. The molecule has 0 fully saturated rings. The van der Waals surface area contributed by atoms with E-state index >= 15 is 0 Å². The van der Waals surface area contributed by atoms with Crippen LogP contribution in [0.5, 0.6) is 0 Å². The minimum atomic E-state index is 0.463. The summed E-state index contributed by atoms with van der Waals surface area (Å²) < 4.78 is 1.75. The number of nitrogens with one attached hydrogen (secondary N) is 1. The molecular weight excluding hydrogens is 222 g/mol. The predicted octanol–water partition coefficient (Wildman–Crippen LogP) is 2.56. The third-order valence-corrected chi connectivity index (χ3v) is 3.87. The summed E-state index contributed by atoms with van der Waals surface area (Å²) in [5.41, 5.74) is 2.21. The van der Waals surface area contributed by atoms with Gasteiger partial charge in [-0.25, -0.2) is 0 Å². The Hall–Kier alpha value is -0.540. The number of likely N-dealkylation sites (N-methyl/N-ethyl adjacent to an activating group) is 1. The average molecular weight is 244 g/mol. The summed E-state index contributed by atoms with van der Waals surface area (Å²) in [7, 11) is 3.90. The van der Waals surface area contributed by atoms with Crippen molar-refractivity contribution >= 4 is 11.6 Å². The zero-order valence-electron chi connectivity index (χ0n) is 10.8. The summed E-state index contributed by atoms with van der Waals surface area (Å²) in [6.07, 6.45) is 2.12. The summed E-state index contributed by atoms with van der Waals surface area (Å²) in [6, 6.07) is 0.463. The van der Waals surface area contributed by atoms with Crippen LogP contribution in [0.1, 0.15) is 31.5 Å². The second-order valence-corrected chi connectivity index (χ2v) is 4.82. The molecule has 0 aromatic carbocycles. The van der Waals surface area contributed by atoms with Crippen LogP contribution in [-0.4, -0.2) is 22.9 Å². The van der Waals surface area contributed by atoms with Crippen LogP contribution in [0.25, 0.3) is 0 Å². The van der Waals surface area contributed by atoms with Crippen LogP contribution in [-0.2, 0) is 13.5 Å². The first-order valence-electron chi connectivity index (χ1n) is 5.86. The smallest absolute Gasteiger partial charge is 0.130 e. The van der Waals surface area contributed by atoms with Gasteiger partial charge in [-0.3, -0.25) is 4.68 Å². The van der Waals surface area contributed by atoms with Gasteiger partial charge in [-0.15, -0.1) is 0 Å². The molecule has 1 heterocycles. The molecule has 0 bridgehead atoms. The molecule has 2 atom stereocenters. The molecule has 0 spiro atoms. The number of halogens is 1. The molecule has 1 N–H and O–H groups in total. The Morgan fingerprint density at radius 3 is 2.50 bits per heavy atom. The summed E-state index contributed by atoms with van der Waals surface area (Å²) >= 11 is 6.24. The maximum absolute atomic E-state index is 6.24. The van der Waals surface area contributed by atoms with Gasteiger partial charge < -0.3 is 5.32 Å². The second kappa shape index (κ2) is 5.69. The molecule has 0 aliphatic rings. The summed E-state index contributed by atoms with van der Waals surface area (Å²) in [4.78, 5) is 0. The zero-order valence-corrected chi connectivity index (χ0v) is 11.6. The maximum atomic E-state index is 6.24. The minimum Gasteiger partial charge on any atom is -0.316 e. The first-order chi connectivity index (χ1) is 7.51. The van der Waals surface area contributed by atoms with E-state index in [4.69, 9.17) is 11.6 Å². The number of rotatable bonds is 5. The van der Waals surface area contributed by atoms with Gasteiger partial charge in [0, 0.05) is 18.7 Å². The van der Waals surface area contributed by atoms with Crippen LogP contribution in [0.4, 0.5) is 0 Å². The molecule has 0 saturated heterocycles. The van der Waals surface area contributed by atoms with Crippen LogP contribution in [0.15, 0.2) is 0 Å². The topological polar surface area (TPSA) is 29.9 Å². The standard InChI is InChI=1S/C12H22ClN3/c1-6-8(2)11(14-4)7-10-9(3)15-16(5)12(10)13/h8,11,14H,6-7H2,1-5H3. The lowest BCUT2D eigenvalue weighted by Gasteiger charge is -2.22. The number of aryl methyl sites for hydroxylation is 2. The van der Waals surface area contributed by atoms with E-state index in [9.17, 15) is 0 Å². The molecule has 3 nitrogen and oxygen atoms in total. The van der Waals surface area contributed by atoms with Crippen LogP contribution in [0.3, 0.4) is 0 Å². The Bertz CT molecular complexity index is 346. The lowest BCUT2D eigenvalue weighted by Crippen LogP contribution is -2.34. The summed E-state index contributed by atoms with van der Waals surface area (Å²) in [6.45, 7) is 6.50. The van der Waals surface area contributed by atoms with E-state index < -0.39 is 0 Å². The normalized spacial score (nSPS) is 15.1. The van der Waals surface area contributed by atoms with Crippen LogP contribution in [0.2, 0.25) is 5.15 Å². The van der Waals surface area contributed by atoms with Crippen molar-refractivity contribution in [3.8, 4) is 0 Å². The summed E-state index contributed by atoms with van der Waals surface area (Å²) in [5.74, 6) is 0.640. The molecule has 0 aliphatic heterocycles. The van der Waals surface area contributed by atoms with E-state index in [-0.39, 0.29) is 0 Å². The molecule has 1 aromatic heterocycles. The molecule has 92 valence electrons. The van der Waals surface area contributed by atoms with Gasteiger partial charge in [-0.05, 0) is 26.3 Å². The molecular formula is C12H22ClN3. The number of hydrogen-bond acceptors (Lipinski definition) is 2. The molecule has 1 rings (SSSR count). The van der Waals surface area contributed by atoms with Crippen molar-refractivity contribution in [3.63, 3.8) is 0 Å². The van der Waals surface area contributed by atoms with Crippen LogP contribution in [0, 0.1) is 12.8 Å². The van der Waals surface area contributed by atoms with E-state index in [0.29, 0.717) is 12.0 Å². The van der Waals surface area contributed by atoms with Gasteiger partial charge >= 0.3 is 0 Å². The van der Waals surface area contributed by atoms with Gasteiger partial charge in [0.1, 0.15) is 5.15 Å². The van der Waals surface area contributed by atoms with Crippen molar-refractivity contribution in [2.45, 2.75) is 39.7 Å². The van der Waals surface area contributed by atoms with E-state index in [1.54, 1.807) is 4.68 Å². The van der Waals surface area contributed by atoms with Gasteiger partial charge in [-0.1, -0.05) is 31.9 Å². The molecule has 0 radical (unpaired) electrons. The van der Waals surface area contributed by atoms with Crippen molar-refractivity contribution < 1.29 is 0 Å². The highest BCUT2D eigenvalue weighted by molar-refractivity contribution is 6.30. The van der Waals surface area contributed by atoms with Gasteiger partial charge in [0.05, 0.1) is 5.69 Å². The number of nitrogens with zero attached hydrogens (tertiary/aromatic N) is 2. The van der Waals surface area contributed by atoms with Gasteiger partial charge in [0.15, 0.2) is 0 Å². The first-order valence-corrected chi connectivity index (χ1v) is 6.24. The maximum Gasteiger partial charge on any atom is 0.130 e. The fourth-order valence-corrected chi connectivity index (χ4v) is 2.25. The van der Waals surface area contributed by atoms with E-state index in [2.05, 4.69) is 24.3 Å². The van der Waals surface area contributed by atoms with Crippen molar-refractivity contribution in [1.29, 1.82) is 0 Å². The Morgan fingerprint density at radius 2 is 2.12 bits per heavy atom. The van der Waals surface area contributed by atoms with Crippen LogP contribution < -0.4 is 5.32 Å². The van der Waals surface area contributed by atoms with E-state index in [1.165, 1.54) is 12.0 Å². The van der Waals surface area contributed by atoms with Crippen molar-refractivity contribution in [3.05, 3.63) is 16.4 Å². The molecule has 1 aromatic rings. The Kier molecular flexibility index (Phi) is 4.81. The summed E-state index contributed by atoms with van der Waals surface area (Å²) in [5, 5.41) is 8.47. The Labute approximate surface area is 103 Å². The van der Waals surface area contributed by atoms with Crippen LogP contribution >= 0.6 is 11.6 Å². The highest BCUT2D eigenvalue weighted by atomic mass is 35.5. The van der Waals surface area contributed by atoms with Gasteiger partial charge in [0.2, 0.25) is 0 Å². The quantitative estimate of drug-likeness (QED) is 0.862. The third kappa shape index (κ3) is 2.77. The van der Waals surface area contributed by atoms with Gasteiger partial charge in [-0.2, -0.15) is 5.10 Å². The van der Waals surface area contributed by atoms with Crippen molar-refractivity contribution in [2.75, 3.05) is 7.05 Å². The third-order valence-electron chi connectivity index (χ3n) is 3.40. The molecule has 0 saturated carbocycles. The average Bonchev–Trinajstić information content (AvgIpc) is 2.50. The SMILES string of the molecule is CCC(C)C(Cc1c(C)nn(C)c1Cl)NC. The monoisotopic (exact) mass is 243 g/mol. The molecule has 2 unspecified atom stereocenters. The Balaban J connectivity index is 2.85. The van der Waals surface area contributed by atoms with Gasteiger partial charge in [0.25, 0.3) is 0 Å². The van der Waals surface area contributed by atoms with E-state index in [1.807, 2.05) is 21.0 Å². The zero-order chi connectivity index (χ0) is 12.3. The largest absolute Gasteiger partial charge is 0.316 e.